The number of nitrogens with one attached hydrogen (secondary N) is 2. The Kier molecular flexibility index (Phi) is 4.31. The topological polar surface area (TPSA) is 67.0 Å². The maximum Gasteiger partial charge on any atom is 0.256 e. The molecule has 1 aromatic heterocycles. The van der Waals surface area contributed by atoms with Gasteiger partial charge in [0.2, 0.25) is 0 Å². The largest absolute Gasteiger partial charge is 0.495 e. The van der Waals surface area contributed by atoms with E-state index in [0.717, 1.165) is 22.7 Å². The number of nitrogens with zero attached hydrogens (tertiary/aromatic N) is 1. The third kappa shape index (κ3) is 3.24. The number of rotatable bonds is 4. The van der Waals surface area contributed by atoms with Crippen LogP contribution in [0.5, 0.6) is 5.75 Å². The van der Waals surface area contributed by atoms with Gasteiger partial charge >= 0.3 is 0 Å². The molecule has 0 fully saturated rings. The van der Waals surface area contributed by atoms with Gasteiger partial charge in [0.15, 0.2) is 0 Å². The van der Waals surface area contributed by atoms with Gasteiger partial charge in [0, 0.05) is 0 Å². The van der Waals surface area contributed by atoms with Crippen LogP contribution in [0.3, 0.4) is 0 Å². The van der Waals surface area contributed by atoms with E-state index in [1.165, 1.54) is 0 Å². The fraction of sp³-hybridized carbons (Fsp3) is 0.375. The van der Waals surface area contributed by atoms with Crippen LogP contribution in [-0.4, -0.2) is 17.1 Å². The Labute approximate surface area is 124 Å². The second kappa shape index (κ2) is 5.99. The molecule has 0 bridgehead atoms. The molecule has 0 saturated heterocycles. The molecule has 5 nitrogen and oxygen atoms in total. The SMILES string of the molecule is COc1cc(C)ccc1NC(C)c1c(C)nc(C)[nH]c1=O. The molecule has 2 N–H and O–H groups in total. The van der Waals surface area contributed by atoms with Gasteiger partial charge in [-0.25, -0.2) is 4.98 Å². The molecule has 21 heavy (non-hydrogen) atoms. The van der Waals surface area contributed by atoms with Crippen LogP contribution in [0.2, 0.25) is 0 Å². The molecular weight excluding hydrogens is 266 g/mol. The highest BCUT2D eigenvalue weighted by molar-refractivity contribution is 5.58. The zero-order valence-electron chi connectivity index (χ0n) is 13.1. The van der Waals surface area contributed by atoms with E-state index < -0.39 is 0 Å². The lowest BCUT2D eigenvalue weighted by Crippen LogP contribution is -2.23. The van der Waals surface area contributed by atoms with Gasteiger partial charge in [-0.3, -0.25) is 4.79 Å². The quantitative estimate of drug-likeness (QED) is 0.907. The Bertz CT molecular complexity index is 707. The van der Waals surface area contributed by atoms with Crippen molar-refractivity contribution in [1.29, 1.82) is 0 Å². The Balaban J connectivity index is 2.35. The van der Waals surface area contributed by atoms with Crippen LogP contribution >= 0.6 is 0 Å². The van der Waals surface area contributed by atoms with Crippen molar-refractivity contribution in [2.45, 2.75) is 33.7 Å². The van der Waals surface area contributed by atoms with Crippen molar-refractivity contribution in [1.82, 2.24) is 9.97 Å². The van der Waals surface area contributed by atoms with E-state index in [9.17, 15) is 4.79 Å². The summed E-state index contributed by atoms with van der Waals surface area (Å²) >= 11 is 0. The van der Waals surface area contributed by atoms with Crippen molar-refractivity contribution >= 4 is 5.69 Å². The Morgan fingerprint density at radius 1 is 1.29 bits per heavy atom. The Morgan fingerprint density at radius 3 is 2.62 bits per heavy atom. The second-order valence-electron chi connectivity index (χ2n) is 5.22. The van der Waals surface area contributed by atoms with Crippen LogP contribution in [0.15, 0.2) is 23.0 Å². The Morgan fingerprint density at radius 2 is 2.00 bits per heavy atom. The van der Waals surface area contributed by atoms with Gasteiger partial charge in [-0.1, -0.05) is 6.07 Å². The van der Waals surface area contributed by atoms with E-state index in [-0.39, 0.29) is 11.6 Å². The summed E-state index contributed by atoms with van der Waals surface area (Å²) in [6.07, 6.45) is 0. The molecule has 2 aromatic rings. The van der Waals surface area contributed by atoms with Crippen molar-refractivity contribution < 1.29 is 4.74 Å². The number of anilines is 1. The maximum atomic E-state index is 12.1. The number of benzene rings is 1. The summed E-state index contributed by atoms with van der Waals surface area (Å²) in [4.78, 5) is 19.2. The summed E-state index contributed by atoms with van der Waals surface area (Å²) in [7, 11) is 1.64. The summed E-state index contributed by atoms with van der Waals surface area (Å²) in [6, 6.07) is 5.75. The lowest BCUT2D eigenvalue weighted by atomic mass is 10.1. The molecule has 2 rings (SSSR count). The van der Waals surface area contributed by atoms with Gasteiger partial charge < -0.3 is 15.0 Å². The van der Waals surface area contributed by atoms with Gasteiger partial charge in [0.1, 0.15) is 11.6 Å². The summed E-state index contributed by atoms with van der Waals surface area (Å²) in [5, 5.41) is 3.32. The number of aryl methyl sites for hydroxylation is 3. The fourth-order valence-corrected chi connectivity index (χ4v) is 2.47. The first kappa shape index (κ1) is 15.1. The van der Waals surface area contributed by atoms with Crippen molar-refractivity contribution in [2.24, 2.45) is 0 Å². The summed E-state index contributed by atoms with van der Waals surface area (Å²) < 4.78 is 5.38. The molecule has 0 aliphatic carbocycles. The fourth-order valence-electron chi connectivity index (χ4n) is 2.47. The minimum atomic E-state index is -0.168. The minimum absolute atomic E-state index is 0.105. The van der Waals surface area contributed by atoms with Crippen LogP contribution < -0.4 is 15.6 Å². The van der Waals surface area contributed by atoms with Crippen molar-refractivity contribution in [3.05, 3.63) is 51.2 Å². The van der Waals surface area contributed by atoms with Gasteiger partial charge in [-0.2, -0.15) is 0 Å². The Hall–Kier alpha value is -2.30. The van der Waals surface area contributed by atoms with Crippen LogP contribution in [-0.2, 0) is 0 Å². The number of ether oxygens (including phenoxy) is 1. The van der Waals surface area contributed by atoms with Gasteiger partial charge in [-0.15, -0.1) is 0 Å². The number of methoxy groups -OCH3 is 1. The lowest BCUT2D eigenvalue weighted by molar-refractivity contribution is 0.415. The zero-order valence-corrected chi connectivity index (χ0v) is 13.1. The van der Waals surface area contributed by atoms with Crippen molar-refractivity contribution in [3.8, 4) is 5.75 Å². The zero-order chi connectivity index (χ0) is 15.6. The highest BCUT2D eigenvalue weighted by Gasteiger charge is 2.16. The monoisotopic (exact) mass is 287 g/mol. The van der Waals surface area contributed by atoms with Crippen LogP contribution in [0.25, 0.3) is 0 Å². The van der Waals surface area contributed by atoms with Crippen molar-refractivity contribution in [2.75, 3.05) is 12.4 Å². The molecule has 1 unspecified atom stereocenters. The first-order valence-corrected chi connectivity index (χ1v) is 6.91. The van der Waals surface area contributed by atoms with Crippen molar-refractivity contribution in [3.63, 3.8) is 0 Å². The molecule has 0 aliphatic rings. The van der Waals surface area contributed by atoms with Crippen LogP contribution in [0, 0.1) is 20.8 Å². The number of hydrogen-bond donors (Lipinski definition) is 2. The number of aromatic nitrogens is 2. The highest BCUT2D eigenvalue weighted by atomic mass is 16.5. The van der Waals surface area contributed by atoms with E-state index in [0.29, 0.717) is 11.4 Å². The first-order chi connectivity index (χ1) is 9.92. The summed E-state index contributed by atoms with van der Waals surface area (Å²) in [6.45, 7) is 7.57. The molecule has 0 spiro atoms. The van der Waals surface area contributed by atoms with E-state index >= 15 is 0 Å². The molecule has 112 valence electrons. The molecule has 0 saturated carbocycles. The smallest absolute Gasteiger partial charge is 0.256 e. The van der Waals surface area contributed by atoms with Crippen LogP contribution in [0.4, 0.5) is 5.69 Å². The van der Waals surface area contributed by atoms with E-state index in [4.69, 9.17) is 4.74 Å². The van der Waals surface area contributed by atoms with Crippen LogP contribution in [0.1, 0.15) is 35.6 Å². The normalized spacial score (nSPS) is 12.0. The average molecular weight is 287 g/mol. The molecule has 0 radical (unpaired) electrons. The number of aromatic amines is 1. The lowest BCUT2D eigenvalue weighted by Gasteiger charge is -2.19. The summed E-state index contributed by atoms with van der Waals surface area (Å²) in [5.41, 5.74) is 3.25. The summed E-state index contributed by atoms with van der Waals surface area (Å²) in [5.74, 6) is 1.39. The van der Waals surface area contributed by atoms with Gasteiger partial charge in [0.05, 0.1) is 30.1 Å². The van der Waals surface area contributed by atoms with Gasteiger partial charge in [0.25, 0.3) is 5.56 Å². The number of H-pyrrole nitrogens is 1. The number of hydrogen-bond acceptors (Lipinski definition) is 4. The predicted molar refractivity (Wildman–Crippen MR) is 84.1 cm³/mol. The average Bonchev–Trinajstić information content (AvgIpc) is 2.39. The minimum Gasteiger partial charge on any atom is -0.495 e. The maximum absolute atomic E-state index is 12.1. The third-order valence-electron chi connectivity index (χ3n) is 3.43. The molecule has 0 aliphatic heterocycles. The molecular formula is C16H21N3O2. The molecule has 1 atom stereocenters. The molecule has 5 heteroatoms. The van der Waals surface area contributed by atoms with E-state index in [2.05, 4.69) is 15.3 Å². The molecule has 1 aromatic carbocycles. The molecule has 0 amide bonds. The van der Waals surface area contributed by atoms with E-state index in [1.54, 1.807) is 14.0 Å². The van der Waals surface area contributed by atoms with Gasteiger partial charge in [-0.05, 0) is 45.4 Å². The first-order valence-electron chi connectivity index (χ1n) is 6.91. The third-order valence-corrected chi connectivity index (χ3v) is 3.43. The second-order valence-corrected chi connectivity index (χ2v) is 5.22. The standard InChI is InChI=1S/C16H21N3O2/c1-9-6-7-13(14(8-9)21-5)18-11(3)15-10(2)17-12(4)19-16(15)20/h6-8,11,18H,1-5H3,(H,17,19,20). The highest BCUT2D eigenvalue weighted by Crippen LogP contribution is 2.28. The molecule has 1 heterocycles. The predicted octanol–water partition coefficient (Wildman–Crippen LogP) is 2.88. The van der Waals surface area contributed by atoms with E-state index in [1.807, 2.05) is 39.0 Å².